The van der Waals surface area contributed by atoms with E-state index in [2.05, 4.69) is 15.1 Å². The highest BCUT2D eigenvalue weighted by molar-refractivity contribution is 7.19. The monoisotopic (exact) mass is 379 g/mol. The van der Waals surface area contributed by atoms with E-state index in [9.17, 15) is 9.59 Å². The van der Waals surface area contributed by atoms with Crippen LogP contribution in [-0.2, 0) is 9.53 Å². The number of carbonyl (C=O) groups is 1. The van der Waals surface area contributed by atoms with Crippen molar-refractivity contribution >= 4 is 34.0 Å². The second kappa shape index (κ2) is 6.61. The van der Waals surface area contributed by atoms with Crippen molar-refractivity contribution < 1.29 is 9.53 Å². The number of nitrogens with zero attached hydrogens (tertiary/aromatic N) is 4. The lowest BCUT2D eigenvalue weighted by Gasteiger charge is -2.08. The fourth-order valence-corrected chi connectivity index (χ4v) is 3.45. The Morgan fingerprint density at radius 2 is 2.15 bits per heavy atom. The molecule has 0 amide bonds. The van der Waals surface area contributed by atoms with Crippen LogP contribution in [-0.4, -0.2) is 32.5 Å². The van der Waals surface area contributed by atoms with Gasteiger partial charge >= 0.3 is 0 Å². The number of methoxy groups -OCH3 is 1. The Balaban J connectivity index is 1.84. The summed E-state index contributed by atoms with van der Waals surface area (Å²) < 4.78 is 6.46. The molecule has 0 saturated carbocycles. The first-order valence-electron chi connectivity index (χ1n) is 7.86. The number of aromatic nitrogens is 4. The van der Waals surface area contributed by atoms with Crippen LogP contribution in [0.25, 0.3) is 21.6 Å². The van der Waals surface area contributed by atoms with E-state index in [0.717, 1.165) is 5.56 Å². The SMILES string of the molecule is COC1=C/C(=C/c2c(N)n3nc(-c4cccnc4)sc3nc2=O)C=CC1=O. The molecule has 2 N–H and O–H groups in total. The topological polar surface area (TPSA) is 112 Å². The first kappa shape index (κ1) is 16.9. The third kappa shape index (κ3) is 3.04. The number of allylic oxidation sites excluding steroid dienone is 4. The van der Waals surface area contributed by atoms with Crippen molar-refractivity contribution in [1.82, 2.24) is 19.6 Å². The van der Waals surface area contributed by atoms with Crippen LogP contribution in [0.15, 0.2) is 58.9 Å². The van der Waals surface area contributed by atoms with E-state index in [1.165, 1.54) is 35.1 Å². The van der Waals surface area contributed by atoms with Gasteiger partial charge in [-0.25, -0.2) is 0 Å². The molecule has 0 spiro atoms. The Bertz CT molecular complexity index is 1200. The fraction of sp³-hybridized carbons (Fsp3) is 0.0556. The summed E-state index contributed by atoms with van der Waals surface area (Å²) in [5.74, 6) is 0.110. The van der Waals surface area contributed by atoms with E-state index < -0.39 is 5.56 Å². The van der Waals surface area contributed by atoms with Gasteiger partial charge in [0.15, 0.2) is 5.76 Å². The number of carbonyl (C=O) groups excluding carboxylic acids is 1. The average molecular weight is 379 g/mol. The maximum Gasteiger partial charge on any atom is 0.283 e. The van der Waals surface area contributed by atoms with Crippen LogP contribution in [0.1, 0.15) is 5.56 Å². The number of nitrogens with two attached hydrogens (primary N) is 1. The van der Waals surface area contributed by atoms with Gasteiger partial charge in [-0.1, -0.05) is 17.4 Å². The predicted octanol–water partition coefficient (Wildman–Crippen LogP) is 1.85. The summed E-state index contributed by atoms with van der Waals surface area (Å²) in [6.45, 7) is 0. The lowest BCUT2D eigenvalue weighted by atomic mass is 10.0. The van der Waals surface area contributed by atoms with Gasteiger partial charge in [-0.15, -0.1) is 0 Å². The number of ketones is 1. The Labute approximate surface area is 157 Å². The minimum absolute atomic E-state index is 0.168. The zero-order valence-electron chi connectivity index (χ0n) is 14.1. The number of hydrogen-bond acceptors (Lipinski definition) is 8. The standard InChI is InChI=1S/C18H13N5O3S/c1-26-14-8-10(4-5-13(14)24)7-12-15(19)23-18(21-16(12)25)27-17(22-23)11-3-2-6-20-9-11/h2-9H,19H2,1H3/b10-7+. The molecule has 0 saturated heterocycles. The molecule has 0 aromatic carbocycles. The molecule has 1 aliphatic rings. The molecule has 0 fully saturated rings. The van der Waals surface area contributed by atoms with Crippen molar-refractivity contribution in [2.75, 3.05) is 12.8 Å². The second-order valence-corrected chi connectivity index (χ2v) is 6.57. The molecule has 4 rings (SSSR count). The number of anilines is 1. The van der Waals surface area contributed by atoms with Crippen LogP contribution in [0.3, 0.4) is 0 Å². The number of fused-ring (bicyclic) bond motifs is 1. The van der Waals surface area contributed by atoms with E-state index in [-0.39, 0.29) is 22.9 Å². The Morgan fingerprint density at radius 1 is 1.30 bits per heavy atom. The molecule has 0 radical (unpaired) electrons. The van der Waals surface area contributed by atoms with Gasteiger partial charge in [-0.2, -0.15) is 14.6 Å². The molecule has 27 heavy (non-hydrogen) atoms. The minimum atomic E-state index is -0.473. The number of rotatable bonds is 3. The number of ether oxygens (including phenoxy) is 1. The van der Waals surface area contributed by atoms with E-state index in [4.69, 9.17) is 10.5 Å². The Hall–Kier alpha value is -3.59. The molecule has 134 valence electrons. The molecule has 0 atom stereocenters. The molecule has 3 aromatic rings. The quantitative estimate of drug-likeness (QED) is 0.739. The van der Waals surface area contributed by atoms with E-state index in [1.807, 2.05) is 6.07 Å². The zero-order chi connectivity index (χ0) is 19.0. The maximum absolute atomic E-state index is 12.5. The smallest absolute Gasteiger partial charge is 0.283 e. The summed E-state index contributed by atoms with van der Waals surface area (Å²) in [6, 6.07) is 3.66. The van der Waals surface area contributed by atoms with Crippen LogP contribution in [0.5, 0.6) is 0 Å². The third-order valence-corrected chi connectivity index (χ3v) is 4.86. The zero-order valence-corrected chi connectivity index (χ0v) is 14.9. The van der Waals surface area contributed by atoms with Gasteiger partial charge in [0.25, 0.3) is 5.56 Å². The molecule has 0 unspecified atom stereocenters. The van der Waals surface area contributed by atoms with Gasteiger partial charge in [0, 0.05) is 18.0 Å². The maximum atomic E-state index is 12.5. The van der Waals surface area contributed by atoms with E-state index in [1.54, 1.807) is 30.6 Å². The first-order valence-corrected chi connectivity index (χ1v) is 8.68. The van der Waals surface area contributed by atoms with Crippen molar-refractivity contribution in [3.8, 4) is 10.6 Å². The summed E-state index contributed by atoms with van der Waals surface area (Å²) >= 11 is 1.25. The lowest BCUT2D eigenvalue weighted by molar-refractivity contribution is -0.114. The second-order valence-electron chi connectivity index (χ2n) is 5.61. The molecular weight excluding hydrogens is 366 g/mol. The molecule has 8 nitrogen and oxygen atoms in total. The van der Waals surface area contributed by atoms with Crippen LogP contribution < -0.4 is 11.3 Å². The number of nitrogen functional groups attached to an aromatic ring is 1. The highest BCUT2D eigenvalue weighted by Gasteiger charge is 2.16. The molecule has 0 bridgehead atoms. The third-order valence-electron chi connectivity index (χ3n) is 3.90. The molecule has 3 heterocycles. The normalized spacial score (nSPS) is 15.4. The van der Waals surface area contributed by atoms with Gasteiger partial charge in [0.05, 0.1) is 12.7 Å². The Kier molecular flexibility index (Phi) is 4.13. The average Bonchev–Trinajstić information content (AvgIpc) is 3.11. The van der Waals surface area contributed by atoms with Gasteiger partial charge in [0.1, 0.15) is 10.8 Å². The van der Waals surface area contributed by atoms with Crippen molar-refractivity contribution in [1.29, 1.82) is 0 Å². The highest BCUT2D eigenvalue weighted by atomic mass is 32.1. The van der Waals surface area contributed by atoms with E-state index >= 15 is 0 Å². The Morgan fingerprint density at radius 3 is 2.89 bits per heavy atom. The van der Waals surface area contributed by atoms with Crippen molar-refractivity contribution in [3.05, 3.63) is 70.0 Å². The summed E-state index contributed by atoms with van der Waals surface area (Å²) in [7, 11) is 1.41. The van der Waals surface area contributed by atoms with Crippen LogP contribution in [0.2, 0.25) is 0 Å². The fourth-order valence-electron chi connectivity index (χ4n) is 2.56. The summed E-state index contributed by atoms with van der Waals surface area (Å²) in [5, 5.41) is 5.10. The van der Waals surface area contributed by atoms with Crippen molar-refractivity contribution in [2.24, 2.45) is 0 Å². The minimum Gasteiger partial charge on any atom is -0.493 e. The molecule has 9 heteroatoms. The molecule has 0 aliphatic heterocycles. The lowest BCUT2D eigenvalue weighted by Crippen LogP contribution is -2.17. The summed E-state index contributed by atoms with van der Waals surface area (Å²) in [5.41, 5.74) is 7.31. The first-order chi connectivity index (χ1) is 13.1. The van der Waals surface area contributed by atoms with Gasteiger partial charge in [0.2, 0.25) is 10.7 Å². The van der Waals surface area contributed by atoms with Gasteiger partial charge < -0.3 is 10.5 Å². The summed E-state index contributed by atoms with van der Waals surface area (Å²) in [4.78, 5) is 32.6. The van der Waals surface area contributed by atoms with Gasteiger partial charge in [-0.3, -0.25) is 14.6 Å². The summed E-state index contributed by atoms with van der Waals surface area (Å²) in [6.07, 6.45) is 9.39. The van der Waals surface area contributed by atoms with Crippen molar-refractivity contribution in [2.45, 2.75) is 0 Å². The highest BCUT2D eigenvalue weighted by Crippen LogP contribution is 2.26. The van der Waals surface area contributed by atoms with Crippen LogP contribution in [0, 0.1) is 0 Å². The molecular formula is C18H13N5O3S. The molecule has 1 aliphatic carbocycles. The van der Waals surface area contributed by atoms with Crippen molar-refractivity contribution in [3.63, 3.8) is 0 Å². The van der Waals surface area contributed by atoms with Crippen LogP contribution in [0.4, 0.5) is 5.82 Å². The number of pyridine rings is 1. The predicted molar refractivity (Wildman–Crippen MR) is 102 cm³/mol. The van der Waals surface area contributed by atoms with Crippen LogP contribution >= 0.6 is 11.3 Å². The molecule has 3 aromatic heterocycles. The largest absolute Gasteiger partial charge is 0.493 e. The number of hydrogen-bond donors (Lipinski definition) is 1. The van der Waals surface area contributed by atoms with Gasteiger partial charge in [-0.05, 0) is 35.9 Å². The van der Waals surface area contributed by atoms with E-state index in [0.29, 0.717) is 15.5 Å².